The second kappa shape index (κ2) is 6.03. The molecule has 0 fully saturated rings. The Hall–Kier alpha value is -1.55. The molecular formula is C11H16N2O2. The summed E-state index contributed by atoms with van der Waals surface area (Å²) >= 11 is 0. The largest absolute Gasteiger partial charge is 0.465 e. The Morgan fingerprint density at radius 1 is 1.40 bits per heavy atom. The molecule has 0 saturated carbocycles. The van der Waals surface area contributed by atoms with Crippen LogP contribution in [-0.4, -0.2) is 23.8 Å². The molecule has 1 unspecified atom stereocenters. The lowest BCUT2D eigenvalue weighted by molar-refractivity contribution is 0.194. The summed E-state index contributed by atoms with van der Waals surface area (Å²) in [5.74, 6) is 0. The van der Waals surface area contributed by atoms with E-state index in [0.717, 1.165) is 6.42 Å². The standard InChI is InChI=1S/C11H16N2O2/c12-10(6-7-13-11(14)15)8-9-4-2-1-3-5-9/h1-5,10,13H,6-8,12H2,(H,14,15). The van der Waals surface area contributed by atoms with Gasteiger partial charge in [0.15, 0.2) is 0 Å². The van der Waals surface area contributed by atoms with Gasteiger partial charge in [-0.25, -0.2) is 4.79 Å². The van der Waals surface area contributed by atoms with Crippen LogP contribution in [0.1, 0.15) is 12.0 Å². The van der Waals surface area contributed by atoms with E-state index in [9.17, 15) is 4.79 Å². The van der Waals surface area contributed by atoms with Crippen molar-refractivity contribution >= 4 is 6.09 Å². The van der Waals surface area contributed by atoms with E-state index in [-0.39, 0.29) is 6.04 Å². The first-order chi connectivity index (χ1) is 7.18. The van der Waals surface area contributed by atoms with Crippen molar-refractivity contribution in [3.8, 4) is 0 Å². The average Bonchev–Trinajstić information content (AvgIpc) is 2.18. The summed E-state index contributed by atoms with van der Waals surface area (Å²) in [4.78, 5) is 10.2. The molecule has 1 aromatic carbocycles. The van der Waals surface area contributed by atoms with Crippen LogP contribution in [0.2, 0.25) is 0 Å². The predicted molar refractivity (Wildman–Crippen MR) is 58.8 cm³/mol. The summed E-state index contributed by atoms with van der Waals surface area (Å²) < 4.78 is 0. The minimum atomic E-state index is -0.998. The molecule has 0 heterocycles. The zero-order chi connectivity index (χ0) is 11.1. The Bertz CT molecular complexity index is 301. The van der Waals surface area contributed by atoms with E-state index >= 15 is 0 Å². The van der Waals surface area contributed by atoms with E-state index in [1.54, 1.807) is 0 Å². The van der Waals surface area contributed by atoms with Gasteiger partial charge < -0.3 is 16.2 Å². The van der Waals surface area contributed by atoms with E-state index in [4.69, 9.17) is 10.8 Å². The molecule has 0 radical (unpaired) electrons. The number of carbonyl (C=O) groups is 1. The SMILES string of the molecule is NC(CCNC(=O)O)Cc1ccccc1. The van der Waals surface area contributed by atoms with Gasteiger partial charge in [-0.1, -0.05) is 30.3 Å². The number of nitrogens with two attached hydrogens (primary N) is 1. The molecule has 4 heteroatoms. The van der Waals surface area contributed by atoms with Gasteiger partial charge in [-0.2, -0.15) is 0 Å². The molecule has 1 amide bonds. The topological polar surface area (TPSA) is 75.3 Å². The van der Waals surface area contributed by atoms with Crippen molar-refractivity contribution < 1.29 is 9.90 Å². The van der Waals surface area contributed by atoms with Crippen molar-refractivity contribution in [1.82, 2.24) is 5.32 Å². The van der Waals surface area contributed by atoms with Gasteiger partial charge in [0, 0.05) is 12.6 Å². The van der Waals surface area contributed by atoms with E-state index in [1.807, 2.05) is 30.3 Å². The number of hydrogen-bond donors (Lipinski definition) is 3. The highest BCUT2D eigenvalue weighted by Gasteiger charge is 2.04. The monoisotopic (exact) mass is 208 g/mol. The maximum atomic E-state index is 10.2. The molecule has 0 spiro atoms. The van der Waals surface area contributed by atoms with Gasteiger partial charge in [-0.15, -0.1) is 0 Å². The molecule has 0 saturated heterocycles. The second-order valence-corrected chi connectivity index (χ2v) is 3.47. The van der Waals surface area contributed by atoms with E-state index in [0.29, 0.717) is 13.0 Å². The van der Waals surface area contributed by atoms with E-state index < -0.39 is 6.09 Å². The van der Waals surface area contributed by atoms with Crippen LogP contribution in [0.15, 0.2) is 30.3 Å². The lowest BCUT2D eigenvalue weighted by atomic mass is 10.0. The van der Waals surface area contributed by atoms with Gasteiger partial charge in [0.25, 0.3) is 0 Å². The van der Waals surface area contributed by atoms with Crippen LogP contribution in [0.3, 0.4) is 0 Å². The van der Waals surface area contributed by atoms with Gasteiger partial charge in [0.2, 0.25) is 0 Å². The zero-order valence-corrected chi connectivity index (χ0v) is 8.52. The number of carboxylic acid groups (broad SMARTS) is 1. The van der Waals surface area contributed by atoms with Crippen LogP contribution in [-0.2, 0) is 6.42 Å². The Kier molecular flexibility index (Phi) is 4.63. The fourth-order valence-corrected chi connectivity index (χ4v) is 1.38. The number of benzene rings is 1. The molecule has 0 aliphatic carbocycles. The third-order valence-electron chi connectivity index (χ3n) is 2.13. The molecular weight excluding hydrogens is 192 g/mol. The van der Waals surface area contributed by atoms with E-state index in [1.165, 1.54) is 5.56 Å². The Balaban J connectivity index is 2.24. The van der Waals surface area contributed by atoms with Crippen LogP contribution in [0.5, 0.6) is 0 Å². The first kappa shape index (κ1) is 11.5. The van der Waals surface area contributed by atoms with Gasteiger partial charge in [0.1, 0.15) is 0 Å². The first-order valence-corrected chi connectivity index (χ1v) is 4.95. The molecule has 1 atom stereocenters. The van der Waals surface area contributed by atoms with Crippen LogP contribution in [0.25, 0.3) is 0 Å². The van der Waals surface area contributed by atoms with Crippen molar-refractivity contribution in [3.63, 3.8) is 0 Å². The lowest BCUT2D eigenvalue weighted by Gasteiger charge is -2.11. The molecule has 1 rings (SSSR count). The third-order valence-corrected chi connectivity index (χ3v) is 2.13. The fourth-order valence-electron chi connectivity index (χ4n) is 1.38. The van der Waals surface area contributed by atoms with Crippen LogP contribution < -0.4 is 11.1 Å². The molecule has 15 heavy (non-hydrogen) atoms. The molecule has 0 aliphatic heterocycles. The highest BCUT2D eigenvalue weighted by atomic mass is 16.4. The summed E-state index contributed by atoms with van der Waals surface area (Å²) in [7, 11) is 0. The fraction of sp³-hybridized carbons (Fsp3) is 0.364. The highest BCUT2D eigenvalue weighted by molar-refractivity contribution is 5.64. The molecule has 0 aromatic heterocycles. The molecule has 0 bridgehead atoms. The summed E-state index contributed by atoms with van der Waals surface area (Å²) in [6.45, 7) is 0.406. The Morgan fingerprint density at radius 2 is 2.07 bits per heavy atom. The summed E-state index contributed by atoms with van der Waals surface area (Å²) in [6, 6.07) is 9.93. The van der Waals surface area contributed by atoms with Crippen LogP contribution in [0, 0.1) is 0 Å². The molecule has 0 aliphatic rings. The normalized spacial score (nSPS) is 12.1. The van der Waals surface area contributed by atoms with Gasteiger partial charge in [-0.05, 0) is 18.4 Å². The average molecular weight is 208 g/mol. The maximum Gasteiger partial charge on any atom is 0.404 e. The first-order valence-electron chi connectivity index (χ1n) is 4.95. The Morgan fingerprint density at radius 3 is 2.67 bits per heavy atom. The molecule has 82 valence electrons. The number of rotatable bonds is 5. The second-order valence-electron chi connectivity index (χ2n) is 3.47. The summed E-state index contributed by atoms with van der Waals surface area (Å²) in [5.41, 5.74) is 7.04. The smallest absolute Gasteiger partial charge is 0.404 e. The number of hydrogen-bond acceptors (Lipinski definition) is 2. The number of nitrogens with one attached hydrogen (secondary N) is 1. The summed E-state index contributed by atoms with van der Waals surface area (Å²) in [5, 5.41) is 10.7. The summed E-state index contributed by atoms with van der Waals surface area (Å²) in [6.07, 6.45) is 0.436. The van der Waals surface area contributed by atoms with Crippen molar-refractivity contribution in [2.45, 2.75) is 18.9 Å². The van der Waals surface area contributed by atoms with Crippen molar-refractivity contribution in [2.24, 2.45) is 5.73 Å². The molecule has 4 N–H and O–H groups in total. The van der Waals surface area contributed by atoms with Crippen molar-refractivity contribution in [3.05, 3.63) is 35.9 Å². The van der Waals surface area contributed by atoms with Crippen molar-refractivity contribution in [1.29, 1.82) is 0 Å². The van der Waals surface area contributed by atoms with Crippen molar-refractivity contribution in [2.75, 3.05) is 6.54 Å². The van der Waals surface area contributed by atoms with Gasteiger partial charge >= 0.3 is 6.09 Å². The quantitative estimate of drug-likeness (QED) is 0.681. The van der Waals surface area contributed by atoms with Gasteiger partial charge in [0.05, 0.1) is 0 Å². The van der Waals surface area contributed by atoms with Crippen LogP contribution in [0.4, 0.5) is 4.79 Å². The highest BCUT2D eigenvalue weighted by Crippen LogP contribution is 2.03. The third kappa shape index (κ3) is 5.02. The zero-order valence-electron chi connectivity index (χ0n) is 8.52. The maximum absolute atomic E-state index is 10.2. The Labute approximate surface area is 89.1 Å². The van der Waals surface area contributed by atoms with Gasteiger partial charge in [-0.3, -0.25) is 0 Å². The van der Waals surface area contributed by atoms with E-state index in [2.05, 4.69) is 5.32 Å². The number of amides is 1. The minimum Gasteiger partial charge on any atom is -0.465 e. The molecule has 1 aromatic rings. The van der Waals surface area contributed by atoms with Crippen LogP contribution >= 0.6 is 0 Å². The minimum absolute atomic E-state index is 0.000694. The lowest BCUT2D eigenvalue weighted by Crippen LogP contribution is -2.30. The predicted octanol–water partition coefficient (Wildman–Crippen LogP) is 1.21. The molecule has 4 nitrogen and oxygen atoms in total.